The van der Waals surface area contributed by atoms with E-state index in [9.17, 15) is 4.79 Å². The Hall–Kier alpha value is -3.03. The van der Waals surface area contributed by atoms with Gasteiger partial charge in [0.15, 0.2) is 5.82 Å². The molecule has 0 N–H and O–H groups in total. The van der Waals surface area contributed by atoms with E-state index in [-0.39, 0.29) is 6.09 Å². The van der Waals surface area contributed by atoms with Crippen LogP contribution in [-0.2, 0) is 11.2 Å². The molecule has 0 saturated carbocycles. The number of aromatic nitrogens is 4. The number of carbonyl (C=O) groups is 1. The van der Waals surface area contributed by atoms with Crippen LogP contribution in [0, 0.1) is 5.92 Å². The highest BCUT2D eigenvalue weighted by molar-refractivity contribution is 5.81. The van der Waals surface area contributed by atoms with Gasteiger partial charge in [-0.25, -0.2) is 4.79 Å². The van der Waals surface area contributed by atoms with Crippen LogP contribution in [0.5, 0.6) is 0 Å². The maximum atomic E-state index is 12.2. The van der Waals surface area contributed by atoms with Crippen LogP contribution in [0.25, 0.3) is 22.4 Å². The SMILES string of the molecule is CC(C)(C)OC(=O)N1CCC(Cc2noc(-c3cnc4cnccc4c3)n2)CC1. The van der Waals surface area contributed by atoms with Gasteiger partial charge in [0.05, 0.1) is 17.3 Å². The molecule has 1 aliphatic heterocycles. The molecule has 0 atom stereocenters. The number of rotatable bonds is 3. The van der Waals surface area contributed by atoms with Crippen LogP contribution in [0.1, 0.15) is 39.4 Å². The Morgan fingerprint density at radius 3 is 2.83 bits per heavy atom. The van der Waals surface area contributed by atoms with E-state index < -0.39 is 5.60 Å². The summed E-state index contributed by atoms with van der Waals surface area (Å²) in [7, 11) is 0. The molecule has 0 aliphatic carbocycles. The molecule has 0 unspecified atom stereocenters. The lowest BCUT2D eigenvalue weighted by molar-refractivity contribution is 0.0183. The number of nitrogens with zero attached hydrogens (tertiary/aromatic N) is 5. The molecule has 0 radical (unpaired) electrons. The average molecular weight is 395 g/mol. The van der Waals surface area contributed by atoms with Crippen molar-refractivity contribution in [2.24, 2.45) is 5.92 Å². The monoisotopic (exact) mass is 395 g/mol. The number of piperidine rings is 1. The third-order valence-electron chi connectivity index (χ3n) is 4.94. The first-order valence-electron chi connectivity index (χ1n) is 9.88. The van der Waals surface area contributed by atoms with Crippen LogP contribution in [-0.4, -0.2) is 49.8 Å². The number of fused-ring (bicyclic) bond motifs is 1. The maximum absolute atomic E-state index is 12.2. The molecule has 8 heteroatoms. The van der Waals surface area contributed by atoms with Crippen LogP contribution >= 0.6 is 0 Å². The lowest BCUT2D eigenvalue weighted by atomic mass is 9.93. The minimum absolute atomic E-state index is 0.239. The Morgan fingerprint density at radius 2 is 2.07 bits per heavy atom. The number of ether oxygens (including phenoxy) is 1. The summed E-state index contributed by atoms with van der Waals surface area (Å²) in [5.74, 6) is 1.57. The number of carbonyl (C=O) groups excluding carboxylic acids is 1. The third kappa shape index (κ3) is 4.70. The number of pyridine rings is 2. The number of likely N-dealkylation sites (tertiary alicyclic amines) is 1. The zero-order chi connectivity index (χ0) is 20.4. The van der Waals surface area contributed by atoms with E-state index in [0.717, 1.165) is 35.7 Å². The first kappa shape index (κ1) is 19.3. The van der Waals surface area contributed by atoms with Gasteiger partial charge in [-0.05, 0) is 51.7 Å². The van der Waals surface area contributed by atoms with Gasteiger partial charge in [0.1, 0.15) is 5.60 Å². The number of amides is 1. The fourth-order valence-electron chi connectivity index (χ4n) is 3.45. The molecular formula is C21H25N5O3. The Labute approximate surface area is 169 Å². The van der Waals surface area contributed by atoms with Crippen molar-refractivity contribution in [3.63, 3.8) is 0 Å². The van der Waals surface area contributed by atoms with E-state index in [1.54, 1.807) is 23.5 Å². The smallest absolute Gasteiger partial charge is 0.410 e. The molecule has 0 spiro atoms. The summed E-state index contributed by atoms with van der Waals surface area (Å²) in [4.78, 5) is 27.0. The van der Waals surface area contributed by atoms with E-state index in [1.807, 2.05) is 32.9 Å². The molecule has 1 saturated heterocycles. The van der Waals surface area contributed by atoms with E-state index in [1.165, 1.54) is 0 Å². The van der Waals surface area contributed by atoms with Gasteiger partial charge in [-0.2, -0.15) is 4.98 Å². The molecule has 4 heterocycles. The second-order valence-corrected chi connectivity index (χ2v) is 8.42. The molecule has 1 aliphatic rings. The van der Waals surface area contributed by atoms with Gasteiger partial charge in [0, 0.05) is 37.3 Å². The lowest BCUT2D eigenvalue weighted by Gasteiger charge is -2.33. The second kappa shape index (κ2) is 7.77. The minimum atomic E-state index is -0.469. The minimum Gasteiger partial charge on any atom is -0.444 e. The molecule has 152 valence electrons. The predicted molar refractivity (Wildman–Crippen MR) is 107 cm³/mol. The van der Waals surface area contributed by atoms with Crippen LogP contribution < -0.4 is 0 Å². The Balaban J connectivity index is 1.35. The highest BCUT2D eigenvalue weighted by Gasteiger charge is 2.27. The van der Waals surface area contributed by atoms with Crippen LogP contribution in [0.2, 0.25) is 0 Å². The van der Waals surface area contributed by atoms with E-state index >= 15 is 0 Å². The molecule has 3 aromatic heterocycles. The summed E-state index contributed by atoms with van der Waals surface area (Å²) in [6.45, 7) is 7.02. The zero-order valence-corrected chi connectivity index (χ0v) is 17.0. The topological polar surface area (TPSA) is 94.2 Å². The molecule has 1 fully saturated rings. The summed E-state index contributed by atoms with van der Waals surface area (Å²) in [6.07, 6.45) is 7.47. The fraction of sp³-hybridized carbons (Fsp3) is 0.476. The second-order valence-electron chi connectivity index (χ2n) is 8.42. The van der Waals surface area contributed by atoms with Crippen LogP contribution in [0.15, 0.2) is 35.2 Å². The zero-order valence-electron chi connectivity index (χ0n) is 17.0. The standard InChI is InChI=1S/C21H25N5O3/c1-21(2,3)28-20(27)26-8-5-14(6-9-26)10-18-24-19(29-25-18)16-11-15-4-7-22-13-17(15)23-12-16/h4,7,11-14H,5-6,8-10H2,1-3H3. The average Bonchev–Trinajstić information content (AvgIpc) is 3.15. The van der Waals surface area contributed by atoms with E-state index in [2.05, 4.69) is 20.1 Å². The molecule has 0 aromatic carbocycles. The quantitative estimate of drug-likeness (QED) is 0.664. The first-order valence-corrected chi connectivity index (χ1v) is 9.88. The summed E-state index contributed by atoms with van der Waals surface area (Å²) in [5.41, 5.74) is 1.15. The number of hydrogen-bond donors (Lipinski definition) is 0. The number of hydrogen-bond acceptors (Lipinski definition) is 7. The lowest BCUT2D eigenvalue weighted by Crippen LogP contribution is -2.42. The van der Waals surface area contributed by atoms with Gasteiger partial charge >= 0.3 is 6.09 Å². The van der Waals surface area contributed by atoms with E-state index in [0.29, 0.717) is 30.7 Å². The highest BCUT2D eigenvalue weighted by atomic mass is 16.6. The highest BCUT2D eigenvalue weighted by Crippen LogP contribution is 2.25. The molecular weight excluding hydrogens is 370 g/mol. The van der Waals surface area contributed by atoms with Crippen molar-refractivity contribution in [1.82, 2.24) is 25.0 Å². The van der Waals surface area contributed by atoms with Gasteiger partial charge in [-0.15, -0.1) is 0 Å². The van der Waals surface area contributed by atoms with Crippen LogP contribution in [0.3, 0.4) is 0 Å². The van der Waals surface area contributed by atoms with Crippen molar-refractivity contribution < 1.29 is 14.1 Å². The predicted octanol–water partition coefficient (Wildman–Crippen LogP) is 3.87. The van der Waals surface area contributed by atoms with Crippen molar-refractivity contribution in [3.8, 4) is 11.5 Å². The molecule has 0 bridgehead atoms. The van der Waals surface area contributed by atoms with Crippen molar-refractivity contribution in [1.29, 1.82) is 0 Å². The molecule has 29 heavy (non-hydrogen) atoms. The Bertz CT molecular complexity index is 1000. The van der Waals surface area contributed by atoms with Gasteiger partial charge in [0.25, 0.3) is 5.89 Å². The van der Waals surface area contributed by atoms with Crippen molar-refractivity contribution >= 4 is 17.0 Å². The van der Waals surface area contributed by atoms with Gasteiger partial charge < -0.3 is 14.2 Å². The third-order valence-corrected chi connectivity index (χ3v) is 4.94. The summed E-state index contributed by atoms with van der Waals surface area (Å²) < 4.78 is 10.9. The van der Waals surface area contributed by atoms with Crippen molar-refractivity contribution in [3.05, 3.63) is 36.5 Å². The molecule has 4 rings (SSSR count). The maximum Gasteiger partial charge on any atom is 0.410 e. The van der Waals surface area contributed by atoms with E-state index in [4.69, 9.17) is 9.26 Å². The largest absolute Gasteiger partial charge is 0.444 e. The van der Waals surface area contributed by atoms with Gasteiger partial charge in [-0.1, -0.05) is 5.16 Å². The van der Waals surface area contributed by atoms with Crippen LogP contribution in [0.4, 0.5) is 4.79 Å². The van der Waals surface area contributed by atoms with Gasteiger partial charge in [0.2, 0.25) is 0 Å². The fourth-order valence-corrected chi connectivity index (χ4v) is 3.45. The summed E-state index contributed by atoms with van der Waals surface area (Å²) >= 11 is 0. The first-order chi connectivity index (χ1) is 13.9. The molecule has 1 amide bonds. The summed E-state index contributed by atoms with van der Waals surface area (Å²) in [5, 5.41) is 5.12. The Kier molecular flexibility index (Phi) is 5.17. The Morgan fingerprint density at radius 1 is 1.28 bits per heavy atom. The van der Waals surface area contributed by atoms with Gasteiger partial charge in [-0.3, -0.25) is 9.97 Å². The molecule has 8 nitrogen and oxygen atoms in total. The van der Waals surface area contributed by atoms with Crippen molar-refractivity contribution in [2.45, 2.75) is 45.6 Å². The van der Waals surface area contributed by atoms with Crippen molar-refractivity contribution in [2.75, 3.05) is 13.1 Å². The molecule has 3 aromatic rings. The normalized spacial score (nSPS) is 15.6. The summed E-state index contributed by atoms with van der Waals surface area (Å²) in [6, 6.07) is 3.88.